The van der Waals surface area contributed by atoms with Gasteiger partial charge in [-0.05, 0) is 19.1 Å². The first-order valence-electron chi connectivity index (χ1n) is 4.36. The van der Waals surface area contributed by atoms with Crippen LogP contribution in [0.1, 0.15) is 29.8 Å². The van der Waals surface area contributed by atoms with Gasteiger partial charge in [0.05, 0.1) is 5.56 Å². The molecule has 0 aliphatic heterocycles. The van der Waals surface area contributed by atoms with Crippen LogP contribution >= 0.6 is 0 Å². The van der Waals surface area contributed by atoms with Gasteiger partial charge in [0.2, 0.25) is 0 Å². The minimum atomic E-state index is -0.0762. The van der Waals surface area contributed by atoms with Gasteiger partial charge in [-0.1, -0.05) is 25.5 Å². The van der Waals surface area contributed by atoms with Gasteiger partial charge in [-0.3, -0.25) is 4.79 Å². The predicted octanol–water partition coefficient (Wildman–Crippen LogP) is 2.54. The van der Waals surface area contributed by atoms with Crippen LogP contribution < -0.4 is 0 Å². The second kappa shape index (κ2) is 3.60. The van der Waals surface area contributed by atoms with Crippen molar-refractivity contribution in [3.8, 4) is 5.75 Å². The Bertz CT molecular complexity index is 327. The van der Waals surface area contributed by atoms with Gasteiger partial charge < -0.3 is 5.11 Å². The van der Waals surface area contributed by atoms with Gasteiger partial charge in [0.15, 0.2) is 5.78 Å². The van der Waals surface area contributed by atoms with Crippen molar-refractivity contribution < 1.29 is 9.90 Å². The van der Waals surface area contributed by atoms with Crippen molar-refractivity contribution in [1.82, 2.24) is 0 Å². The lowest BCUT2D eigenvalue weighted by atomic mass is 9.99. The highest BCUT2D eigenvalue weighted by Gasteiger charge is 2.14. The molecular weight excluding hydrogens is 164 g/mol. The number of Topliss-reactive ketones (excluding diaryl/α,β-unsaturated/α-hetero) is 1. The third-order valence-electron chi connectivity index (χ3n) is 1.94. The summed E-state index contributed by atoms with van der Waals surface area (Å²) in [7, 11) is 0. The number of carbonyl (C=O) groups is 1. The van der Waals surface area contributed by atoms with Gasteiger partial charge in [0.1, 0.15) is 5.75 Å². The first kappa shape index (κ1) is 9.78. The molecule has 0 unspecified atom stereocenters. The summed E-state index contributed by atoms with van der Waals surface area (Å²) in [6, 6.07) is 5.06. The summed E-state index contributed by atoms with van der Waals surface area (Å²) in [6.07, 6.45) is 0. The molecule has 0 bridgehead atoms. The Morgan fingerprint density at radius 3 is 2.54 bits per heavy atom. The number of phenolic OH excluding ortho intramolecular Hbond substituents is 1. The van der Waals surface area contributed by atoms with Gasteiger partial charge in [-0.25, -0.2) is 0 Å². The highest BCUT2D eigenvalue weighted by atomic mass is 16.3. The van der Waals surface area contributed by atoms with Crippen LogP contribution in [0.4, 0.5) is 0 Å². The van der Waals surface area contributed by atoms with Gasteiger partial charge in [-0.15, -0.1) is 0 Å². The van der Waals surface area contributed by atoms with E-state index in [-0.39, 0.29) is 17.5 Å². The first-order valence-corrected chi connectivity index (χ1v) is 4.36. The highest BCUT2D eigenvalue weighted by molar-refractivity contribution is 5.99. The fraction of sp³-hybridized carbons (Fsp3) is 0.364. The molecule has 13 heavy (non-hydrogen) atoms. The van der Waals surface area contributed by atoms with E-state index < -0.39 is 0 Å². The molecule has 0 spiro atoms. The molecule has 0 atom stereocenters. The summed E-state index contributed by atoms with van der Waals surface area (Å²) in [5.41, 5.74) is 1.41. The molecule has 1 aromatic rings. The first-order chi connectivity index (χ1) is 6.02. The highest BCUT2D eigenvalue weighted by Crippen LogP contribution is 2.21. The van der Waals surface area contributed by atoms with E-state index in [1.165, 1.54) is 0 Å². The number of carbonyl (C=O) groups excluding carboxylic acids is 1. The Morgan fingerprint density at radius 2 is 2.00 bits per heavy atom. The Labute approximate surface area is 78.2 Å². The van der Waals surface area contributed by atoms with Crippen molar-refractivity contribution in [2.24, 2.45) is 5.92 Å². The van der Waals surface area contributed by atoms with E-state index in [4.69, 9.17) is 0 Å². The van der Waals surface area contributed by atoms with E-state index >= 15 is 0 Å². The van der Waals surface area contributed by atoms with E-state index in [1.54, 1.807) is 18.2 Å². The molecule has 0 amide bonds. The molecule has 0 saturated carbocycles. The van der Waals surface area contributed by atoms with E-state index in [1.807, 2.05) is 20.8 Å². The van der Waals surface area contributed by atoms with E-state index in [0.29, 0.717) is 5.56 Å². The molecule has 1 N–H and O–H groups in total. The lowest BCUT2D eigenvalue weighted by Crippen LogP contribution is -2.07. The number of rotatable bonds is 2. The number of aryl methyl sites for hydroxylation is 1. The summed E-state index contributed by atoms with van der Waals surface area (Å²) in [5, 5.41) is 9.43. The maximum Gasteiger partial charge on any atom is 0.169 e. The lowest BCUT2D eigenvalue weighted by Gasteiger charge is -2.06. The van der Waals surface area contributed by atoms with Crippen LogP contribution in [0.25, 0.3) is 0 Å². The van der Waals surface area contributed by atoms with Crippen LogP contribution in [0.5, 0.6) is 5.75 Å². The molecule has 0 fully saturated rings. The van der Waals surface area contributed by atoms with Crippen LogP contribution in [0.3, 0.4) is 0 Å². The zero-order valence-electron chi connectivity index (χ0n) is 8.16. The van der Waals surface area contributed by atoms with Gasteiger partial charge in [-0.2, -0.15) is 0 Å². The average molecular weight is 178 g/mol. The Balaban J connectivity index is 3.13. The number of ketones is 1. The summed E-state index contributed by atoms with van der Waals surface area (Å²) in [5.74, 6) is -0.0156. The number of aromatic hydroxyl groups is 1. The SMILES string of the molecule is Cc1ccc(O)c(C(=O)C(C)C)c1. The Morgan fingerprint density at radius 1 is 1.38 bits per heavy atom. The van der Waals surface area contributed by atoms with E-state index in [9.17, 15) is 9.90 Å². The second-order valence-corrected chi connectivity index (χ2v) is 3.54. The molecule has 70 valence electrons. The minimum Gasteiger partial charge on any atom is -0.507 e. The van der Waals surface area contributed by atoms with Crippen LogP contribution in [0.2, 0.25) is 0 Å². The van der Waals surface area contributed by atoms with E-state index in [0.717, 1.165) is 5.56 Å². The molecule has 2 heteroatoms. The molecule has 2 nitrogen and oxygen atoms in total. The largest absolute Gasteiger partial charge is 0.507 e. The number of phenols is 1. The number of hydrogen-bond acceptors (Lipinski definition) is 2. The molecule has 0 radical (unpaired) electrons. The van der Waals surface area contributed by atoms with Crippen molar-refractivity contribution in [3.05, 3.63) is 29.3 Å². The topological polar surface area (TPSA) is 37.3 Å². The zero-order chi connectivity index (χ0) is 10.0. The van der Waals surface area contributed by atoms with Gasteiger partial charge in [0, 0.05) is 5.92 Å². The maximum atomic E-state index is 11.6. The van der Waals surface area contributed by atoms with Gasteiger partial charge in [0.25, 0.3) is 0 Å². The fourth-order valence-electron chi connectivity index (χ4n) is 1.16. The molecule has 1 aromatic carbocycles. The fourth-order valence-corrected chi connectivity index (χ4v) is 1.16. The third-order valence-corrected chi connectivity index (χ3v) is 1.94. The monoisotopic (exact) mass is 178 g/mol. The quantitative estimate of drug-likeness (QED) is 0.706. The Hall–Kier alpha value is -1.31. The molecule has 0 heterocycles. The molecule has 0 saturated heterocycles. The third kappa shape index (κ3) is 2.08. The number of benzene rings is 1. The minimum absolute atomic E-state index is 0.0128. The molecule has 0 aliphatic rings. The molecule has 0 aromatic heterocycles. The van der Waals surface area contributed by atoms with Crippen molar-refractivity contribution in [1.29, 1.82) is 0 Å². The number of hydrogen-bond donors (Lipinski definition) is 1. The zero-order valence-corrected chi connectivity index (χ0v) is 8.16. The second-order valence-electron chi connectivity index (χ2n) is 3.54. The molecular formula is C11H14O2. The van der Waals surface area contributed by atoms with Crippen LogP contribution in [0.15, 0.2) is 18.2 Å². The Kier molecular flexibility index (Phi) is 2.71. The predicted molar refractivity (Wildman–Crippen MR) is 52.0 cm³/mol. The lowest BCUT2D eigenvalue weighted by molar-refractivity contribution is 0.0936. The van der Waals surface area contributed by atoms with Gasteiger partial charge >= 0.3 is 0 Å². The van der Waals surface area contributed by atoms with Crippen molar-refractivity contribution in [3.63, 3.8) is 0 Å². The molecule has 0 aliphatic carbocycles. The van der Waals surface area contributed by atoms with Crippen molar-refractivity contribution in [2.45, 2.75) is 20.8 Å². The summed E-state index contributed by atoms with van der Waals surface area (Å²) >= 11 is 0. The molecule has 1 rings (SSSR count). The van der Waals surface area contributed by atoms with Crippen LogP contribution in [-0.2, 0) is 0 Å². The average Bonchev–Trinajstić information content (AvgIpc) is 2.08. The summed E-state index contributed by atoms with van der Waals surface area (Å²) < 4.78 is 0. The van der Waals surface area contributed by atoms with Crippen molar-refractivity contribution in [2.75, 3.05) is 0 Å². The van der Waals surface area contributed by atoms with Crippen molar-refractivity contribution >= 4 is 5.78 Å². The maximum absolute atomic E-state index is 11.6. The smallest absolute Gasteiger partial charge is 0.169 e. The standard InChI is InChI=1S/C11H14O2/c1-7(2)11(13)9-6-8(3)4-5-10(9)12/h4-7,12H,1-3H3. The van der Waals surface area contributed by atoms with E-state index in [2.05, 4.69) is 0 Å². The van der Waals surface area contributed by atoms with Crippen LogP contribution in [0, 0.1) is 12.8 Å². The van der Waals surface area contributed by atoms with Crippen LogP contribution in [-0.4, -0.2) is 10.9 Å². The normalized spacial score (nSPS) is 10.5. The summed E-state index contributed by atoms with van der Waals surface area (Å²) in [4.78, 5) is 11.6. The summed E-state index contributed by atoms with van der Waals surface area (Å²) in [6.45, 7) is 5.55.